The van der Waals surface area contributed by atoms with Gasteiger partial charge in [-0.1, -0.05) is 23.7 Å². The van der Waals surface area contributed by atoms with Gasteiger partial charge in [-0.2, -0.15) is 11.8 Å². The third kappa shape index (κ3) is 3.30. The number of hydrogen-bond donors (Lipinski definition) is 2. The highest BCUT2D eigenvalue weighted by Crippen LogP contribution is 2.39. The number of nitrogens with two attached hydrogens (primary N) is 1. The maximum Gasteiger partial charge on any atom is 0.0962 e. The van der Waals surface area contributed by atoms with Crippen molar-refractivity contribution in [2.24, 2.45) is 5.73 Å². The maximum atomic E-state index is 10.8. The highest BCUT2D eigenvalue weighted by molar-refractivity contribution is 7.98. The molecule has 0 aliphatic carbocycles. The van der Waals surface area contributed by atoms with Gasteiger partial charge in [-0.25, -0.2) is 0 Å². The van der Waals surface area contributed by atoms with Crippen molar-refractivity contribution < 1.29 is 5.11 Å². The second-order valence-corrected chi connectivity index (χ2v) is 7.95. The number of aryl methyl sites for hydroxylation is 1. The molecule has 0 saturated carbocycles. The van der Waals surface area contributed by atoms with E-state index in [1.807, 2.05) is 36.0 Å². The zero-order valence-electron chi connectivity index (χ0n) is 11.6. The van der Waals surface area contributed by atoms with Gasteiger partial charge in [0.05, 0.1) is 6.10 Å². The minimum atomic E-state index is -0.561. The van der Waals surface area contributed by atoms with E-state index in [0.717, 1.165) is 22.6 Å². The molecule has 2 heterocycles. The lowest BCUT2D eigenvalue weighted by molar-refractivity contribution is 0.151. The molecule has 3 rings (SSSR count). The van der Waals surface area contributed by atoms with Crippen molar-refractivity contribution in [3.8, 4) is 0 Å². The normalized spacial score (nSPS) is 17.3. The van der Waals surface area contributed by atoms with Crippen molar-refractivity contribution in [2.45, 2.75) is 24.2 Å². The number of fused-ring (bicyclic) bond motifs is 1. The van der Waals surface area contributed by atoms with Crippen molar-refractivity contribution in [1.29, 1.82) is 0 Å². The molecule has 2 aromatic rings. The Labute approximate surface area is 138 Å². The Balaban J connectivity index is 1.88. The highest BCUT2D eigenvalue weighted by Gasteiger charge is 2.25. The number of aliphatic hydroxyl groups is 1. The van der Waals surface area contributed by atoms with Crippen LogP contribution in [0, 0.1) is 0 Å². The molecule has 2 atom stereocenters. The van der Waals surface area contributed by atoms with Crippen molar-refractivity contribution in [3.63, 3.8) is 0 Å². The van der Waals surface area contributed by atoms with Gasteiger partial charge in [0.15, 0.2) is 0 Å². The molecule has 0 fully saturated rings. The molecule has 21 heavy (non-hydrogen) atoms. The van der Waals surface area contributed by atoms with E-state index in [-0.39, 0.29) is 5.92 Å². The number of thioether (sulfide) groups is 1. The van der Waals surface area contributed by atoms with Crippen molar-refractivity contribution >= 4 is 34.7 Å². The monoisotopic (exact) mass is 339 g/mol. The van der Waals surface area contributed by atoms with Crippen LogP contribution >= 0.6 is 34.7 Å². The van der Waals surface area contributed by atoms with E-state index in [1.165, 1.54) is 16.2 Å². The molecule has 2 unspecified atom stereocenters. The second kappa shape index (κ2) is 6.71. The summed E-state index contributed by atoms with van der Waals surface area (Å²) in [5.41, 5.74) is 8.29. The van der Waals surface area contributed by atoms with Gasteiger partial charge in [0.1, 0.15) is 0 Å². The Hall–Kier alpha value is -0.520. The van der Waals surface area contributed by atoms with Gasteiger partial charge < -0.3 is 10.8 Å². The number of hydrogen-bond acceptors (Lipinski definition) is 4. The van der Waals surface area contributed by atoms with Crippen LogP contribution in [-0.4, -0.2) is 17.4 Å². The summed E-state index contributed by atoms with van der Waals surface area (Å²) in [6.07, 6.45) is 0.552. The Kier molecular flexibility index (Phi) is 4.92. The van der Waals surface area contributed by atoms with Gasteiger partial charge in [-0.3, -0.25) is 0 Å². The SMILES string of the molecule is NCC(c1cccc(Cl)c1)C(O)c1cc2c(s1)CCSC2. The fourth-order valence-electron chi connectivity index (χ4n) is 2.70. The summed E-state index contributed by atoms with van der Waals surface area (Å²) in [6, 6.07) is 9.78. The third-order valence-corrected chi connectivity index (χ3v) is 6.40. The van der Waals surface area contributed by atoms with E-state index in [1.54, 1.807) is 11.3 Å². The predicted molar refractivity (Wildman–Crippen MR) is 92.4 cm³/mol. The number of aliphatic hydroxyl groups excluding tert-OH is 1. The average molecular weight is 340 g/mol. The van der Waals surface area contributed by atoms with Crippen molar-refractivity contribution in [3.05, 3.63) is 56.2 Å². The number of halogens is 1. The Bertz CT molecular complexity index is 605. The summed E-state index contributed by atoms with van der Waals surface area (Å²) in [4.78, 5) is 2.45. The van der Waals surface area contributed by atoms with Crippen LogP contribution in [-0.2, 0) is 12.2 Å². The summed E-state index contributed by atoms with van der Waals surface area (Å²) < 4.78 is 0. The molecule has 3 N–H and O–H groups in total. The number of thiophene rings is 1. The zero-order chi connectivity index (χ0) is 14.8. The fraction of sp³-hybridized carbons (Fsp3) is 0.375. The lowest BCUT2D eigenvalue weighted by Gasteiger charge is -2.21. The fourth-order valence-corrected chi connectivity index (χ4v) is 5.33. The summed E-state index contributed by atoms with van der Waals surface area (Å²) >= 11 is 9.75. The quantitative estimate of drug-likeness (QED) is 0.886. The largest absolute Gasteiger partial charge is 0.387 e. The van der Waals surface area contributed by atoms with Gasteiger partial charge >= 0.3 is 0 Å². The molecule has 2 nitrogen and oxygen atoms in total. The van der Waals surface area contributed by atoms with Crippen molar-refractivity contribution in [1.82, 2.24) is 0 Å². The first-order valence-electron chi connectivity index (χ1n) is 7.02. The van der Waals surface area contributed by atoms with E-state index in [2.05, 4.69) is 6.07 Å². The van der Waals surface area contributed by atoms with Crippen LogP contribution in [0.25, 0.3) is 0 Å². The molecule has 1 aliphatic rings. The summed E-state index contributed by atoms with van der Waals surface area (Å²) in [7, 11) is 0. The van der Waals surface area contributed by atoms with E-state index in [4.69, 9.17) is 17.3 Å². The third-order valence-electron chi connectivity index (χ3n) is 3.85. The first-order valence-corrected chi connectivity index (χ1v) is 9.36. The lowest BCUT2D eigenvalue weighted by atomic mass is 9.92. The molecule has 1 aromatic carbocycles. The Morgan fingerprint density at radius 2 is 2.19 bits per heavy atom. The first-order chi connectivity index (χ1) is 10.2. The van der Waals surface area contributed by atoms with Crippen LogP contribution in [0.3, 0.4) is 0 Å². The molecule has 5 heteroatoms. The summed E-state index contributed by atoms with van der Waals surface area (Å²) in [5, 5.41) is 11.4. The van der Waals surface area contributed by atoms with Crippen LogP contribution < -0.4 is 5.73 Å². The molecule has 0 amide bonds. The smallest absolute Gasteiger partial charge is 0.0962 e. The molecule has 0 spiro atoms. The van der Waals surface area contributed by atoms with Crippen LogP contribution in [0.5, 0.6) is 0 Å². The van der Waals surface area contributed by atoms with Crippen LogP contribution in [0.2, 0.25) is 5.02 Å². The molecular formula is C16H18ClNOS2. The van der Waals surface area contributed by atoms with Gasteiger partial charge in [0.2, 0.25) is 0 Å². The lowest BCUT2D eigenvalue weighted by Crippen LogP contribution is -2.19. The minimum absolute atomic E-state index is 0.114. The Morgan fingerprint density at radius 3 is 2.90 bits per heavy atom. The number of benzene rings is 1. The summed E-state index contributed by atoms with van der Waals surface area (Å²) in [6.45, 7) is 0.402. The van der Waals surface area contributed by atoms with Gasteiger partial charge in [0.25, 0.3) is 0 Å². The van der Waals surface area contributed by atoms with E-state index in [0.29, 0.717) is 11.6 Å². The topological polar surface area (TPSA) is 46.2 Å². The van der Waals surface area contributed by atoms with Gasteiger partial charge in [-0.15, -0.1) is 11.3 Å². The molecule has 0 saturated heterocycles. The van der Waals surface area contributed by atoms with Crippen molar-refractivity contribution in [2.75, 3.05) is 12.3 Å². The van der Waals surface area contributed by atoms with Crippen LogP contribution in [0.1, 0.15) is 32.9 Å². The zero-order valence-corrected chi connectivity index (χ0v) is 14.0. The molecule has 1 aliphatic heterocycles. The van der Waals surface area contributed by atoms with Gasteiger partial charge in [0, 0.05) is 33.0 Å². The van der Waals surface area contributed by atoms with E-state index < -0.39 is 6.10 Å². The molecule has 0 bridgehead atoms. The minimum Gasteiger partial charge on any atom is -0.387 e. The molecule has 112 valence electrons. The molecule has 0 radical (unpaired) electrons. The second-order valence-electron chi connectivity index (χ2n) is 5.24. The van der Waals surface area contributed by atoms with E-state index in [9.17, 15) is 5.11 Å². The molecule has 1 aromatic heterocycles. The van der Waals surface area contributed by atoms with Crippen LogP contribution in [0.4, 0.5) is 0 Å². The van der Waals surface area contributed by atoms with Crippen LogP contribution in [0.15, 0.2) is 30.3 Å². The number of rotatable bonds is 4. The Morgan fingerprint density at radius 1 is 1.33 bits per heavy atom. The molecular weight excluding hydrogens is 322 g/mol. The van der Waals surface area contributed by atoms with E-state index >= 15 is 0 Å². The average Bonchev–Trinajstić information content (AvgIpc) is 2.92. The highest BCUT2D eigenvalue weighted by atomic mass is 35.5. The van der Waals surface area contributed by atoms with Gasteiger partial charge in [-0.05, 0) is 41.5 Å². The standard InChI is InChI=1S/C16H18ClNOS2/c17-12-3-1-2-10(6-12)13(8-18)16(19)15-7-11-9-20-5-4-14(11)21-15/h1-3,6-7,13,16,19H,4-5,8-9,18H2. The first kappa shape index (κ1) is 15.4. The predicted octanol–water partition coefficient (Wildman–Crippen LogP) is 3.97. The summed E-state index contributed by atoms with van der Waals surface area (Å²) in [5.74, 6) is 2.12. The maximum absolute atomic E-state index is 10.8.